The average molecular weight is 344 g/mol. The van der Waals surface area contributed by atoms with Crippen molar-refractivity contribution < 1.29 is 14.3 Å². The lowest BCUT2D eigenvalue weighted by Crippen LogP contribution is -2.51. The van der Waals surface area contributed by atoms with E-state index in [0.717, 1.165) is 37.1 Å². The maximum Gasteiger partial charge on any atom is 0.245 e. The Morgan fingerprint density at radius 2 is 2.08 bits per heavy atom. The predicted octanol–water partition coefficient (Wildman–Crippen LogP) is 2.85. The highest BCUT2D eigenvalue weighted by atomic mass is 16.5. The number of fused-ring (bicyclic) bond motifs is 1. The van der Waals surface area contributed by atoms with E-state index in [0.29, 0.717) is 13.0 Å². The third kappa shape index (κ3) is 4.14. The predicted molar refractivity (Wildman–Crippen MR) is 96.5 cm³/mol. The number of nitrogens with zero attached hydrogens (tertiary/aromatic N) is 1. The van der Waals surface area contributed by atoms with Crippen LogP contribution in [0.3, 0.4) is 0 Å². The highest BCUT2D eigenvalue weighted by Crippen LogP contribution is 2.35. The van der Waals surface area contributed by atoms with Gasteiger partial charge in [0.2, 0.25) is 11.8 Å². The molecule has 2 aliphatic heterocycles. The molecule has 1 N–H and O–H groups in total. The number of piperidine rings is 1. The van der Waals surface area contributed by atoms with Crippen LogP contribution in [0.2, 0.25) is 0 Å². The van der Waals surface area contributed by atoms with Crippen LogP contribution >= 0.6 is 0 Å². The Bertz CT molecular complexity index is 631. The van der Waals surface area contributed by atoms with Gasteiger partial charge in [0.05, 0.1) is 6.61 Å². The molecule has 0 radical (unpaired) electrons. The SMILES string of the molecule is CC(NC(=O)CC1CCOc2ccccc21)C(=O)N1CCCCC1C. The smallest absolute Gasteiger partial charge is 0.245 e. The van der Waals surface area contributed by atoms with E-state index in [1.807, 2.05) is 29.2 Å². The number of likely N-dealkylation sites (tertiary alicyclic amines) is 1. The van der Waals surface area contributed by atoms with Crippen molar-refractivity contribution in [3.63, 3.8) is 0 Å². The van der Waals surface area contributed by atoms with Crippen LogP contribution in [-0.2, 0) is 9.59 Å². The van der Waals surface area contributed by atoms with E-state index in [-0.39, 0.29) is 23.8 Å². The van der Waals surface area contributed by atoms with Gasteiger partial charge in [0, 0.05) is 19.0 Å². The topological polar surface area (TPSA) is 58.6 Å². The zero-order valence-corrected chi connectivity index (χ0v) is 15.2. The summed E-state index contributed by atoms with van der Waals surface area (Å²) in [7, 11) is 0. The van der Waals surface area contributed by atoms with E-state index in [2.05, 4.69) is 12.2 Å². The van der Waals surface area contributed by atoms with Crippen LogP contribution in [0.15, 0.2) is 24.3 Å². The lowest BCUT2D eigenvalue weighted by atomic mass is 9.90. The lowest BCUT2D eigenvalue weighted by Gasteiger charge is -2.35. The molecule has 5 heteroatoms. The number of para-hydroxylation sites is 1. The third-order valence-corrected chi connectivity index (χ3v) is 5.35. The van der Waals surface area contributed by atoms with Crippen molar-refractivity contribution in [1.82, 2.24) is 10.2 Å². The quantitative estimate of drug-likeness (QED) is 0.914. The first-order chi connectivity index (χ1) is 12.1. The molecule has 1 aromatic rings. The number of carbonyl (C=O) groups is 2. The molecular formula is C20H28N2O3. The first kappa shape index (κ1) is 17.8. The number of carbonyl (C=O) groups excluding carboxylic acids is 2. The zero-order chi connectivity index (χ0) is 17.8. The normalized spacial score (nSPS) is 24.0. The van der Waals surface area contributed by atoms with Crippen molar-refractivity contribution in [1.29, 1.82) is 0 Å². The molecule has 136 valence electrons. The van der Waals surface area contributed by atoms with Gasteiger partial charge in [-0.2, -0.15) is 0 Å². The Kier molecular flexibility index (Phi) is 5.61. The number of hydrogen-bond acceptors (Lipinski definition) is 3. The van der Waals surface area contributed by atoms with Gasteiger partial charge < -0.3 is 15.0 Å². The maximum absolute atomic E-state index is 12.6. The molecule has 2 aliphatic rings. The van der Waals surface area contributed by atoms with Crippen molar-refractivity contribution in [2.24, 2.45) is 0 Å². The Morgan fingerprint density at radius 1 is 1.28 bits per heavy atom. The maximum atomic E-state index is 12.6. The molecule has 0 saturated carbocycles. The Labute approximate surface area is 149 Å². The second kappa shape index (κ2) is 7.89. The second-order valence-electron chi connectivity index (χ2n) is 7.24. The zero-order valence-electron chi connectivity index (χ0n) is 15.2. The molecule has 25 heavy (non-hydrogen) atoms. The Hall–Kier alpha value is -2.04. The van der Waals surface area contributed by atoms with Crippen LogP contribution in [0.1, 0.15) is 57.4 Å². The summed E-state index contributed by atoms with van der Waals surface area (Å²) in [5, 5.41) is 2.90. The van der Waals surface area contributed by atoms with E-state index < -0.39 is 6.04 Å². The average Bonchev–Trinajstić information content (AvgIpc) is 2.62. The van der Waals surface area contributed by atoms with Gasteiger partial charge >= 0.3 is 0 Å². The molecular weight excluding hydrogens is 316 g/mol. The number of amides is 2. The van der Waals surface area contributed by atoms with Gasteiger partial charge in [-0.25, -0.2) is 0 Å². The fourth-order valence-electron chi connectivity index (χ4n) is 3.89. The summed E-state index contributed by atoms with van der Waals surface area (Å²) in [4.78, 5) is 27.0. The summed E-state index contributed by atoms with van der Waals surface area (Å²) in [5.74, 6) is 0.999. The lowest BCUT2D eigenvalue weighted by molar-refractivity contribution is -0.138. The van der Waals surface area contributed by atoms with Crippen molar-refractivity contribution in [3.05, 3.63) is 29.8 Å². The summed E-state index contributed by atoms with van der Waals surface area (Å²) in [6.07, 6.45) is 4.50. The van der Waals surface area contributed by atoms with Gasteiger partial charge in [-0.15, -0.1) is 0 Å². The minimum Gasteiger partial charge on any atom is -0.493 e. The van der Waals surface area contributed by atoms with Gasteiger partial charge in [0.15, 0.2) is 0 Å². The number of hydrogen-bond donors (Lipinski definition) is 1. The van der Waals surface area contributed by atoms with Gasteiger partial charge in [-0.3, -0.25) is 9.59 Å². The van der Waals surface area contributed by atoms with E-state index in [4.69, 9.17) is 4.74 Å². The standard InChI is InChI=1S/C20H28N2O3/c1-14-7-5-6-11-22(14)20(24)15(2)21-19(23)13-16-10-12-25-18-9-4-3-8-17(16)18/h3-4,8-9,14-16H,5-7,10-13H2,1-2H3,(H,21,23). The molecule has 1 fully saturated rings. The van der Waals surface area contributed by atoms with Crippen molar-refractivity contribution in [2.75, 3.05) is 13.2 Å². The molecule has 0 aromatic heterocycles. The molecule has 2 amide bonds. The Balaban J connectivity index is 1.56. The van der Waals surface area contributed by atoms with E-state index in [9.17, 15) is 9.59 Å². The molecule has 1 aromatic carbocycles. The van der Waals surface area contributed by atoms with E-state index >= 15 is 0 Å². The highest BCUT2D eigenvalue weighted by molar-refractivity contribution is 5.87. The summed E-state index contributed by atoms with van der Waals surface area (Å²) in [6, 6.07) is 7.69. The Morgan fingerprint density at radius 3 is 2.88 bits per heavy atom. The first-order valence-electron chi connectivity index (χ1n) is 9.38. The van der Waals surface area contributed by atoms with Crippen LogP contribution in [-0.4, -0.2) is 41.9 Å². The number of rotatable bonds is 4. The summed E-state index contributed by atoms with van der Waals surface area (Å²) >= 11 is 0. The van der Waals surface area contributed by atoms with Crippen LogP contribution in [0, 0.1) is 0 Å². The molecule has 5 nitrogen and oxygen atoms in total. The molecule has 1 saturated heterocycles. The number of benzene rings is 1. The van der Waals surface area contributed by atoms with E-state index in [1.165, 1.54) is 6.42 Å². The minimum absolute atomic E-state index is 0.0351. The van der Waals surface area contributed by atoms with Crippen molar-refractivity contribution in [2.45, 2.75) is 64.0 Å². The molecule has 3 rings (SSSR count). The molecule has 0 aliphatic carbocycles. The van der Waals surface area contributed by atoms with Crippen LogP contribution in [0.4, 0.5) is 0 Å². The van der Waals surface area contributed by atoms with Crippen LogP contribution in [0.25, 0.3) is 0 Å². The second-order valence-corrected chi connectivity index (χ2v) is 7.24. The first-order valence-corrected chi connectivity index (χ1v) is 9.38. The summed E-state index contributed by atoms with van der Waals surface area (Å²) < 4.78 is 5.65. The van der Waals surface area contributed by atoms with Gasteiger partial charge in [0.25, 0.3) is 0 Å². The molecule has 0 bridgehead atoms. The fraction of sp³-hybridized carbons (Fsp3) is 0.600. The molecule has 3 atom stereocenters. The minimum atomic E-state index is -0.469. The third-order valence-electron chi connectivity index (χ3n) is 5.35. The highest BCUT2D eigenvalue weighted by Gasteiger charge is 2.29. The van der Waals surface area contributed by atoms with Crippen molar-refractivity contribution in [3.8, 4) is 5.75 Å². The summed E-state index contributed by atoms with van der Waals surface area (Å²) in [6.45, 7) is 5.31. The molecule has 3 unspecified atom stereocenters. The van der Waals surface area contributed by atoms with Crippen LogP contribution < -0.4 is 10.1 Å². The largest absolute Gasteiger partial charge is 0.493 e. The fourth-order valence-corrected chi connectivity index (χ4v) is 3.89. The van der Waals surface area contributed by atoms with Gasteiger partial charge in [0.1, 0.15) is 11.8 Å². The summed E-state index contributed by atoms with van der Waals surface area (Å²) in [5.41, 5.74) is 1.09. The van der Waals surface area contributed by atoms with Crippen molar-refractivity contribution >= 4 is 11.8 Å². The monoisotopic (exact) mass is 344 g/mol. The number of nitrogens with one attached hydrogen (secondary N) is 1. The molecule has 0 spiro atoms. The van der Waals surface area contributed by atoms with Crippen LogP contribution in [0.5, 0.6) is 5.75 Å². The van der Waals surface area contributed by atoms with Gasteiger partial charge in [-0.05, 0) is 57.1 Å². The van der Waals surface area contributed by atoms with Gasteiger partial charge in [-0.1, -0.05) is 18.2 Å². The van der Waals surface area contributed by atoms with E-state index in [1.54, 1.807) is 6.92 Å². The molecule has 2 heterocycles. The number of ether oxygens (including phenoxy) is 1.